The average molecular weight is 272 g/mol. The molecule has 0 aromatic rings. The molecule has 0 saturated heterocycles. The number of H-pyrrole nitrogens is 1. The number of aromatic amines is 1. The second-order valence-electron chi connectivity index (χ2n) is 4.07. The lowest BCUT2D eigenvalue weighted by molar-refractivity contribution is -0.141. The van der Waals surface area contributed by atoms with Crippen molar-refractivity contribution < 1.29 is 13.2 Å². The number of nitrogens with zero attached hydrogens (tertiary/aromatic N) is 1. The summed E-state index contributed by atoms with van der Waals surface area (Å²) in [6.07, 6.45) is -3.70. The molecule has 0 aromatic heterocycles. The Morgan fingerprint density at radius 2 is 2.00 bits per heavy atom. The summed E-state index contributed by atoms with van der Waals surface area (Å²) in [5.41, 5.74) is 0.883. The normalized spacial score (nSPS) is 12.1. The molecule has 0 saturated carbocycles. The van der Waals surface area contributed by atoms with E-state index in [1.54, 1.807) is 6.07 Å². The number of aryl methyl sites for hydroxylation is 2. The van der Waals surface area contributed by atoms with Crippen LogP contribution in [0.5, 0.6) is 0 Å². The lowest BCUT2D eigenvalue weighted by Crippen LogP contribution is -2.12. The van der Waals surface area contributed by atoms with Crippen molar-refractivity contribution in [2.75, 3.05) is 0 Å². The Hall–Kier alpha value is -1.43. The number of nitrogens with one attached hydrogen (secondary N) is 1. The van der Waals surface area contributed by atoms with Crippen LogP contribution in [-0.4, -0.2) is 9.97 Å². The van der Waals surface area contributed by atoms with Crippen LogP contribution < -0.4 is 0 Å². The van der Waals surface area contributed by atoms with E-state index in [-0.39, 0.29) is 11.4 Å². The van der Waals surface area contributed by atoms with E-state index in [0.717, 1.165) is 5.56 Å². The topological polar surface area (TPSA) is 28.7 Å². The fourth-order valence-electron chi connectivity index (χ4n) is 1.84. The van der Waals surface area contributed by atoms with Crippen molar-refractivity contribution >= 4 is 12.2 Å². The van der Waals surface area contributed by atoms with Gasteiger partial charge < -0.3 is 4.98 Å². The summed E-state index contributed by atoms with van der Waals surface area (Å²) in [6.45, 7) is 3.35. The van der Waals surface area contributed by atoms with Crippen molar-refractivity contribution in [3.8, 4) is 11.4 Å². The summed E-state index contributed by atoms with van der Waals surface area (Å²) in [4.78, 5) is 6.35. The van der Waals surface area contributed by atoms with Crippen LogP contribution in [0, 0.1) is 11.6 Å². The Balaban J connectivity index is 2.74. The van der Waals surface area contributed by atoms with Gasteiger partial charge in [-0.1, -0.05) is 19.1 Å². The highest BCUT2D eigenvalue weighted by molar-refractivity contribution is 7.71. The van der Waals surface area contributed by atoms with Crippen LogP contribution in [0.2, 0.25) is 0 Å². The highest BCUT2D eigenvalue weighted by Crippen LogP contribution is 2.33. The monoisotopic (exact) mass is 272 g/mol. The SMILES string of the molecule is CCc1cc2cc(C)c(C(F)(F)F)[nH]c-2nc1=S. The maximum Gasteiger partial charge on any atom is 0.431 e. The molecule has 2 heterocycles. The van der Waals surface area contributed by atoms with E-state index in [2.05, 4.69) is 9.97 Å². The average Bonchev–Trinajstić information content (AvgIpc) is 2.26. The Morgan fingerprint density at radius 1 is 1.33 bits per heavy atom. The number of fused-ring (bicyclic) bond motifs is 1. The van der Waals surface area contributed by atoms with Gasteiger partial charge in [0.25, 0.3) is 0 Å². The van der Waals surface area contributed by atoms with Crippen molar-refractivity contribution in [1.29, 1.82) is 0 Å². The van der Waals surface area contributed by atoms with Gasteiger partial charge in [-0.25, -0.2) is 4.98 Å². The quantitative estimate of drug-likeness (QED) is 0.791. The molecule has 2 aliphatic heterocycles. The largest absolute Gasteiger partial charge is 0.431 e. The minimum Gasteiger partial charge on any atom is -0.335 e. The van der Waals surface area contributed by atoms with E-state index in [4.69, 9.17) is 12.2 Å². The molecule has 6 heteroatoms. The van der Waals surface area contributed by atoms with Gasteiger partial charge in [-0.3, -0.25) is 0 Å². The minimum absolute atomic E-state index is 0.149. The van der Waals surface area contributed by atoms with E-state index in [9.17, 15) is 13.2 Å². The number of aromatic nitrogens is 2. The third kappa shape index (κ3) is 2.25. The summed E-state index contributed by atoms with van der Waals surface area (Å²) in [6, 6.07) is 3.27. The summed E-state index contributed by atoms with van der Waals surface area (Å²) in [5.74, 6) is 0.176. The molecule has 1 N–H and O–H groups in total. The highest BCUT2D eigenvalue weighted by atomic mass is 32.1. The van der Waals surface area contributed by atoms with Crippen molar-refractivity contribution in [3.05, 3.63) is 33.6 Å². The number of hydrogen-bond acceptors (Lipinski definition) is 2. The number of pyridine rings is 2. The molecule has 0 bridgehead atoms. The van der Waals surface area contributed by atoms with Gasteiger partial charge in [0.15, 0.2) is 0 Å². The zero-order valence-corrected chi connectivity index (χ0v) is 10.7. The van der Waals surface area contributed by atoms with E-state index >= 15 is 0 Å². The first-order valence-electron chi connectivity index (χ1n) is 5.43. The zero-order chi connectivity index (χ0) is 13.5. The summed E-state index contributed by atoms with van der Waals surface area (Å²) >= 11 is 5.04. The van der Waals surface area contributed by atoms with Crippen LogP contribution in [0.3, 0.4) is 0 Å². The van der Waals surface area contributed by atoms with Crippen molar-refractivity contribution in [3.63, 3.8) is 0 Å². The first kappa shape index (κ1) is 13.0. The molecule has 0 unspecified atom stereocenters. The molecule has 0 radical (unpaired) electrons. The lowest BCUT2D eigenvalue weighted by atomic mass is 10.1. The molecular formula is C12H11F3N2S. The molecule has 0 aliphatic carbocycles. The van der Waals surface area contributed by atoms with E-state index < -0.39 is 11.9 Å². The van der Waals surface area contributed by atoms with Gasteiger partial charge in [0.1, 0.15) is 16.2 Å². The first-order valence-corrected chi connectivity index (χ1v) is 5.84. The van der Waals surface area contributed by atoms with Crippen LogP contribution in [0.4, 0.5) is 13.2 Å². The van der Waals surface area contributed by atoms with E-state index in [1.807, 2.05) is 6.92 Å². The Labute approximate surface area is 107 Å². The number of hydrogen-bond donors (Lipinski definition) is 1. The second kappa shape index (κ2) is 4.35. The lowest BCUT2D eigenvalue weighted by Gasteiger charge is -2.15. The zero-order valence-electron chi connectivity index (χ0n) is 9.85. The van der Waals surface area contributed by atoms with Gasteiger partial charge in [0.05, 0.1) is 0 Å². The number of alkyl halides is 3. The minimum atomic E-state index is -4.41. The molecule has 2 nitrogen and oxygen atoms in total. The maximum atomic E-state index is 12.7. The van der Waals surface area contributed by atoms with Gasteiger partial charge >= 0.3 is 6.18 Å². The molecule has 0 fully saturated rings. The van der Waals surface area contributed by atoms with Crippen molar-refractivity contribution in [2.24, 2.45) is 0 Å². The molecule has 0 amide bonds. The van der Waals surface area contributed by atoms with Crippen LogP contribution >= 0.6 is 12.2 Å². The summed E-state index contributed by atoms with van der Waals surface area (Å²) in [5, 5.41) is 0. The molecule has 0 aromatic carbocycles. The smallest absolute Gasteiger partial charge is 0.335 e. The van der Waals surface area contributed by atoms with Crippen LogP contribution in [0.1, 0.15) is 23.7 Å². The van der Waals surface area contributed by atoms with Crippen LogP contribution in [-0.2, 0) is 12.6 Å². The van der Waals surface area contributed by atoms with Gasteiger partial charge in [-0.15, -0.1) is 0 Å². The van der Waals surface area contributed by atoms with Gasteiger partial charge in [0, 0.05) is 5.56 Å². The third-order valence-corrected chi connectivity index (χ3v) is 3.12. The highest BCUT2D eigenvalue weighted by Gasteiger charge is 2.34. The second-order valence-corrected chi connectivity index (χ2v) is 4.46. The molecule has 2 rings (SSSR count). The molecule has 0 atom stereocenters. The van der Waals surface area contributed by atoms with Crippen molar-refractivity contribution in [1.82, 2.24) is 9.97 Å². The fourth-order valence-corrected chi connectivity index (χ4v) is 2.13. The predicted octanol–water partition coefficient (Wildman–Crippen LogP) is 4.13. The van der Waals surface area contributed by atoms with E-state index in [1.165, 1.54) is 13.0 Å². The Kier molecular flexibility index (Phi) is 3.14. The first-order chi connectivity index (χ1) is 8.32. The van der Waals surface area contributed by atoms with E-state index in [0.29, 0.717) is 16.6 Å². The molecule has 2 aliphatic rings. The summed E-state index contributed by atoms with van der Waals surface area (Å²) in [7, 11) is 0. The maximum absolute atomic E-state index is 12.7. The van der Waals surface area contributed by atoms with Gasteiger partial charge in [-0.2, -0.15) is 13.2 Å². The Bertz CT molecular complexity index is 616. The van der Waals surface area contributed by atoms with Crippen LogP contribution in [0.15, 0.2) is 12.1 Å². The van der Waals surface area contributed by atoms with Crippen molar-refractivity contribution in [2.45, 2.75) is 26.4 Å². The number of halogens is 3. The Morgan fingerprint density at radius 3 is 2.56 bits per heavy atom. The third-order valence-electron chi connectivity index (χ3n) is 2.77. The standard InChI is InChI=1S/C12H11F3N2S/c1-3-7-5-8-4-6(2)9(12(13,14)15)16-10(8)17-11(7)18/h4-5H,3H2,1-2H3,(H,16,17,18). The van der Waals surface area contributed by atoms with Gasteiger partial charge in [-0.05, 0) is 36.6 Å². The molecule has 96 valence electrons. The number of rotatable bonds is 1. The molecular weight excluding hydrogens is 261 g/mol. The molecule has 0 spiro atoms. The molecule has 18 heavy (non-hydrogen) atoms. The van der Waals surface area contributed by atoms with Gasteiger partial charge in [0.2, 0.25) is 0 Å². The van der Waals surface area contributed by atoms with Crippen LogP contribution in [0.25, 0.3) is 11.4 Å². The summed E-state index contributed by atoms with van der Waals surface area (Å²) < 4.78 is 38.6. The fraction of sp³-hybridized carbons (Fsp3) is 0.333. The predicted molar refractivity (Wildman–Crippen MR) is 65.2 cm³/mol.